The number of hydrogen-bond donors (Lipinski definition) is 3. The topological polar surface area (TPSA) is 125 Å². The van der Waals surface area contributed by atoms with Gasteiger partial charge in [0, 0.05) is 28.8 Å². The Morgan fingerprint density at radius 2 is 1.70 bits per heavy atom. The average Bonchev–Trinajstić information content (AvgIpc) is 3.26. The zero-order chi connectivity index (χ0) is 30.8. The number of ether oxygens (including phenoxy) is 1. The number of hydrogen-bond acceptors (Lipinski definition) is 6. The molecule has 1 aliphatic rings. The minimum Gasteiger partial charge on any atom is -0.495 e. The van der Waals surface area contributed by atoms with Crippen LogP contribution >= 0.6 is 15.9 Å². The number of anilines is 2. The van der Waals surface area contributed by atoms with Gasteiger partial charge in [-0.25, -0.2) is 8.42 Å². The van der Waals surface area contributed by atoms with Crippen LogP contribution in [0.1, 0.15) is 44.1 Å². The standard InChI is InChI=1S/C32H34BrN3O6S/c1-42-29-20-17-25(34-32(39)28-13-8-7-12-27(35-28)23-10-4-2-5-11-23)22-30(29)43(40,41)36(21-9-3-6-14-31(37)38)26-18-15-24(33)16-19-26/h2,4-5,10-13,15-20,22,35H,3,6-9,14,21H2,1H3,(H,34,39)(H,37,38). The number of sulfonamides is 1. The number of carboxylic acids is 1. The Balaban J connectivity index is 1.59. The van der Waals surface area contributed by atoms with E-state index in [4.69, 9.17) is 9.84 Å². The van der Waals surface area contributed by atoms with Gasteiger partial charge in [0.25, 0.3) is 15.9 Å². The van der Waals surface area contributed by atoms with E-state index < -0.39 is 21.9 Å². The zero-order valence-electron chi connectivity index (χ0n) is 23.8. The summed E-state index contributed by atoms with van der Waals surface area (Å²) in [6, 6.07) is 21.1. The van der Waals surface area contributed by atoms with E-state index in [1.54, 1.807) is 30.3 Å². The number of unbranched alkanes of at least 4 members (excludes halogenated alkanes) is 2. The van der Waals surface area contributed by atoms with Gasteiger partial charge in [-0.1, -0.05) is 64.8 Å². The van der Waals surface area contributed by atoms with Crippen molar-refractivity contribution in [3.8, 4) is 5.75 Å². The average molecular weight is 669 g/mol. The molecule has 4 rings (SSSR count). The molecule has 0 unspecified atom stereocenters. The first-order valence-corrected chi connectivity index (χ1v) is 16.1. The second-order valence-electron chi connectivity index (χ2n) is 9.88. The normalized spacial score (nSPS) is 13.2. The Morgan fingerprint density at radius 3 is 2.40 bits per heavy atom. The fourth-order valence-corrected chi connectivity index (χ4v) is 6.59. The van der Waals surface area contributed by atoms with Gasteiger partial charge in [0.1, 0.15) is 16.3 Å². The van der Waals surface area contributed by atoms with Crippen molar-refractivity contribution in [1.82, 2.24) is 5.32 Å². The first-order valence-electron chi connectivity index (χ1n) is 13.9. The van der Waals surface area contributed by atoms with Gasteiger partial charge in [-0.2, -0.15) is 0 Å². The van der Waals surface area contributed by atoms with E-state index in [0.717, 1.165) is 22.2 Å². The molecule has 226 valence electrons. The Bertz CT molecular complexity index is 1610. The lowest BCUT2D eigenvalue weighted by atomic mass is 10.1. The van der Waals surface area contributed by atoms with Gasteiger partial charge < -0.3 is 20.5 Å². The number of rotatable bonds is 13. The van der Waals surface area contributed by atoms with Crippen LogP contribution in [-0.4, -0.2) is 39.1 Å². The van der Waals surface area contributed by atoms with Gasteiger partial charge in [-0.3, -0.25) is 13.9 Å². The largest absolute Gasteiger partial charge is 0.495 e. The third-order valence-electron chi connectivity index (χ3n) is 6.82. The molecule has 0 atom stereocenters. The van der Waals surface area contributed by atoms with Crippen molar-refractivity contribution in [2.24, 2.45) is 0 Å². The highest BCUT2D eigenvalue weighted by Crippen LogP contribution is 2.33. The summed E-state index contributed by atoms with van der Waals surface area (Å²) in [6.45, 7) is 0.134. The van der Waals surface area contributed by atoms with Crippen LogP contribution in [0.2, 0.25) is 0 Å². The highest BCUT2D eigenvalue weighted by atomic mass is 79.9. The third-order valence-corrected chi connectivity index (χ3v) is 9.20. The van der Waals surface area contributed by atoms with Crippen LogP contribution in [0.3, 0.4) is 0 Å². The van der Waals surface area contributed by atoms with Gasteiger partial charge in [0.05, 0.1) is 12.8 Å². The molecule has 1 amide bonds. The molecule has 1 heterocycles. The fraction of sp³-hybridized carbons (Fsp3) is 0.250. The van der Waals surface area contributed by atoms with Crippen molar-refractivity contribution in [2.75, 3.05) is 23.3 Å². The maximum absolute atomic E-state index is 14.2. The molecule has 0 fully saturated rings. The summed E-state index contributed by atoms with van der Waals surface area (Å²) < 4.78 is 35.8. The summed E-state index contributed by atoms with van der Waals surface area (Å²) in [4.78, 5) is 24.1. The molecule has 9 nitrogen and oxygen atoms in total. The first-order chi connectivity index (χ1) is 20.7. The molecule has 0 saturated heterocycles. The van der Waals surface area contributed by atoms with Crippen molar-refractivity contribution in [3.63, 3.8) is 0 Å². The smallest absolute Gasteiger partial charge is 0.303 e. The molecule has 0 spiro atoms. The number of carbonyl (C=O) groups excluding carboxylic acids is 1. The van der Waals surface area contributed by atoms with Crippen LogP contribution in [0.4, 0.5) is 11.4 Å². The number of benzene rings is 3. The summed E-state index contributed by atoms with van der Waals surface area (Å²) in [5.41, 5.74) is 2.89. The second kappa shape index (κ2) is 14.9. The van der Waals surface area contributed by atoms with Crippen LogP contribution in [0, 0.1) is 0 Å². The molecule has 3 aromatic carbocycles. The van der Waals surface area contributed by atoms with Crippen molar-refractivity contribution in [2.45, 2.75) is 43.4 Å². The zero-order valence-corrected chi connectivity index (χ0v) is 26.2. The quantitative estimate of drug-likeness (QED) is 0.177. The number of methoxy groups -OCH3 is 1. The molecule has 0 aromatic heterocycles. The van der Waals surface area contributed by atoms with Gasteiger partial charge >= 0.3 is 5.97 Å². The van der Waals surface area contributed by atoms with Crippen molar-refractivity contribution in [3.05, 3.63) is 101 Å². The number of carbonyl (C=O) groups is 2. The molecular weight excluding hydrogens is 634 g/mol. The van der Waals surface area contributed by atoms with Crippen LogP contribution in [0.15, 0.2) is 100 Å². The molecule has 0 aliphatic carbocycles. The molecule has 0 bridgehead atoms. The number of carboxylic acid groups (broad SMARTS) is 1. The Labute approximate surface area is 260 Å². The third kappa shape index (κ3) is 8.48. The first kappa shape index (κ1) is 31.8. The molecule has 3 aromatic rings. The molecular formula is C32H34BrN3O6S. The second-order valence-corrected chi connectivity index (χ2v) is 12.6. The number of allylic oxidation sites excluding steroid dienone is 2. The van der Waals surface area contributed by atoms with Crippen LogP contribution in [-0.2, 0) is 19.6 Å². The number of nitrogens with one attached hydrogen (secondary N) is 2. The molecule has 43 heavy (non-hydrogen) atoms. The lowest BCUT2D eigenvalue weighted by Gasteiger charge is -2.26. The Kier molecular flexibility index (Phi) is 11.0. The van der Waals surface area contributed by atoms with E-state index in [1.165, 1.54) is 23.5 Å². The summed E-state index contributed by atoms with van der Waals surface area (Å²) in [5, 5.41) is 15.0. The number of aliphatic carboxylic acids is 1. The summed E-state index contributed by atoms with van der Waals surface area (Å²) in [7, 11) is -2.77. The van der Waals surface area contributed by atoms with Crippen molar-refractivity contribution < 1.29 is 27.9 Å². The highest BCUT2D eigenvalue weighted by molar-refractivity contribution is 9.10. The van der Waals surface area contributed by atoms with Crippen molar-refractivity contribution >= 4 is 54.9 Å². The molecule has 3 N–H and O–H groups in total. The van der Waals surface area contributed by atoms with Crippen LogP contribution < -0.4 is 19.7 Å². The van der Waals surface area contributed by atoms with Gasteiger partial charge in [0.15, 0.2) is 0 Å². The lowest BCUT2D eigenvalue weighted by molar-refractivity contribution is -0.137. The van der Waals surface area contributed by atoms with E-state index in [-0.39, 0.29) is 23.6 Å². The van der Waals surface area contributed by atoms with E-state index in [0.29, 0.717) is 42.8 Å². The highest BCUT2D eigenvalue weighted by Gasteiger charge is 2.29. The maximum atomic E-state index is 14.2. The van der Waals surface area contributed by atoms with E-state index in [1.807, 2.05) is 42.5 Å². The maximum Gasteiger partial charge on any atom is 0.303 e. The fourth-order valence-electron chi connectivity index (χ4n) is 4.64. The van der Waals surface area contributed by atoms with E-state index in [2.05, 4.69) is 26.6 Å². The van der Waals surface area contributed by atoms with Gasteiger partial charge in [-0.15, -0.1) is 0 Å². The van der Waals surface area contributed by atoms with Crippen molar-refractivity contribution in [1.29, 1.82) is 0 Å². The minimum absolute atomic E-state index is 0.0223. The monoisotopic (exact) mass is 667 g/mol. The minimum atomic E-state index is -4.16. The number of nitrogens with zero attached hydrogens (tertiary/aromatic N) is 1. The number of amides is 1. The molecule has 0 saturated carbocycles. The SMILES string of the molecule is COc1ccc(NC(=O)C2=CCCC=C(c3ccccc3)N2)cc1S(=O)(=O)N(CCCCCC(=O)O)c1ccc(Br)cc1. The summed E-state index contributed by atoms with van der Waals surface area (Å²) in [5.74, 6) is -1.16. The number of halogens is 1. The van der Waals surface area contributed by atoms with E-state index >= 15 is 0 Å². The van der Waals surface area contributed by atoms with Crippen LogP contribution in [0.25, 0.3) is 5.70 Å². The Hall–Kier alpha value is -4.09. The predicted octanol–water partition coefficient (Wildman–Crippen LogP) is 6.54. The molecule has 11 heteroatoms. The van der Waals surface area contributed by atoms with Gasteiger partial charge in [-0.05, 0) is 73.7 Å². The summed E-state index contributed by atoms with van der Waals surface area (Å²) >= 11 is 3.39. The predicted molar refractivity (Wildman–Crippen MR) is 171 cm³/mol. The van der Waals surface area contributed by atoms with Crippen LogP contribution in [0.5, 0.6) is 5.75 Å². The molecule has 1 aliphatic heterocycles. The summed E-state index contributed by atoms with van der Waals surface area (Å²) in [6.07, 6.45) is 6.77. The lowest BCUT2D eigenvalue weighted by Crippen LogP contribution is -2.32. The van der Waals surface area contributed by atoms with E-state index in [9.17, 15) is 18.0 Å². The Morgan fingerprint density at radius 1 is 0.977 bits per heavy atom. The van der Waals surface area contributed by atoms with Gasteiger partial charge in [0.2, 0.25) is 0 Å². The molecule has 0 radical (unpaired) electrons.